The average Bonchev–Trinajstić information content (AvgIpc) is 3.24. The molecule has 184 valence electrons. The lowest BCUT2D eigenvalue weighted by atomic mass is 10.0. The number of benzene rings is 2. The summed E-state index contributed by atoms with van der Waals surface area (Å²) in [7, 11) is 0. The number of nitrogens with one attached hydrogen (secondary N) is 2. The molecule has 1 saturated heterocycles. The SMILES string of the molecule is CC(=O)N1CCN(C(=O)Nc2cccc(F)c2)C1C(=O)NC(CC(=O)O)c1cccc([N+](=O)[O-])c1. The van der Waals surface area contributed by atoms with E-state index < -0.39 is 53.2 Å². The van der Waals surface area contributed by atoms with Gasteiger partial charge >= 0.3 is 12.0 Å². The van der Waals surface area contributed by atoms with Crippen molar-refractivity contribution in [3.63, 3.8) is 0 Å². The number of carboxylic acid groups (broad SMARTS) is 1. The van der Waals surface area contributed by atoms with E-state index in [0.717, 1.165) is 21.9 Å². The molecule has 1 aliphatic rings. The van der Waals surface area contributed by atoms with Crippen LogP contribution in [0.5, 0.6) is 0 Å². The number of non-ortho nitro benzene ring substituents is 1. The topological polar surface area (TPSA) is 162 Å². The van der Waals surface area contributed by atoms with Gasteiger partial charge in [0.25, 0.3) is 11.6 Å². The van der Waals surface area contributed by atoms with Gasteiger partial charge in [-0.1, -0.05) is 18.2 Å². The van der Waals surface area contributed by atoms with Crippen LogP contribution in [0.4, 0.5) is 20.6 Å². The van der Waals surface area contributed by atoms with Crippen molar-refractivity contribution in [1.29, 1.82) is 0 Å². The molecule has 2 atom stereocenters. The lowest BCUT2D eigenvalue weighted by molar-refractivity contribution is -0.384. The Labute approximate surface area is 198 Å². The Morgan fingerprint density at radius 2 is 1.83 bits per heavy atom. The molecular formula is C22H22FN5O7. The Bertz CT molecular complexity index is 1170. The number of aliphatic carboxylic acids is 1. The van der Waals surface area contributed by atoms with E-state index in [9.17, 15) is 38.8 Å². The van der Waals surface area contributed by atoms with Crippen LogP contribution >= 0.6 is 0 Å². The monoisotopic (exact) mass is 487 g/mol. The summed E-state index contributed by atoms with van der Waals surface area (Å²) in [5.74, 6) is -3.23. The highest BCUT2D eigenvalue weighted by Gasteiger charge is 2.42. The molecule has 12 nitrogen and oxygen atoms in total. The maximum Gasteiger partial charge on any atom is 0.323 e. The first-order valence-electron chi connectivity index (χ1n) is 10.4. The van der Waals surface area contributed by atoms with Gasteiger partial charge in [-0.2, -0.15) is 0 Å². The van der Waals surface area contributed by atoms with Crippen LogP contribution in [-0.2, 0) is 14.4 Å². The van der Waals surface area contributed by atoms with Crippen LogP contribution in [0, 0.1) is 15.9 Å². The Morgan fingerprint density at radius 1 is 1.14 bits per heavy atom. The predicted octanol–water partition coefficient (Wildman–Crippen LogP) is 2.09. The molecule has 35 heavy (non-hydrogen) atoms. The van der Waals surface area contributed by atoms with Crippen LogP contribution in [0.3, 0.4) is 0 Å². The van der Waals surface area contributed by atoms with Gasteiger partial charge < -0.3 is 20.6 Å². The van der Waals surface area contributed by atoms with Gasteiger partial charge in [-0.25, -0.2) is 9.18 Å². The number of urea groups is 1. The van der Waals surface area contributed by atoms with E-state index in [2.05, 4.69) is 10.6 Å². The number of rotatable bonds is 7. The third kappa shape index (κ3) is 6.07. The summed E-state index contributed by atoms with van der Waals surface area (Å²) < 4.78 is 13.5. The molecule has 1 aliphatic heterocycles. The third-order valence-electron chi connectivity index (χ3n) is 5.33. The molecule has 0 aromatic heterocycles. The number of nitrogens with zero attached hydrogens (tertiary/aromatic N) is 3. The standard InChI is InChI=1S/C22H22FN5O7/c1-13(29)26-8-9-27(22(33)24-16-6-3-5-15(23)11-16)21(26)20(32)25-18(12-19(30)31)14-4-2-7-17(10-14)28(34)35/h2-7,10-11,18,21H,8-9,12H2,1H3,(H,24,33)(H,25,32)(H,30,31). The Balaban J connectivity index is 1.86. The van der Waals surface area contributed by atoms with Gasteiger partial charge in [-0.05, 0) is 23.8 Å². The highest BCUT2D eigenvalue weighted by molar-refractivity contribution is 5.96. The van der Waals surface area contributed by atoms with Gasteiger partial charge in [0.05, 0.1) is 17.4 Å². The van der Waals surface area contributed by atoms with Crippen molar-refractivity contribution in [3.8, 4) is 0 Å². The Hall–Kier alpha value is -4.55. The number of nitro benzene ring substituents is 1. The second-order valence-corrected chi connectivity index (χ2v) is 7.73. The normalized spacial score (nSPS) is 15.9. The Kier molecular flexibility index (Phi) is 7.59. The maximum absolute atomic E-state index is 13.5. The molecule has 4 amide bonds. The van der Waals surface area contributed by atoms with Crippen molar-refractivity contribution in [2.75, 3.05) is 18.4 Å². The van der Waals surface area contributed by atoms with Crippen LogP contribution in [0.2, 0.25) is 0 Å². The fraction of sp³-hybridized carbons (Fsp3) is 0.273. The summed E-state index contributed by atoms with van der Waals surface area (Å²) in [4.78, 5) is 62.4. The minimum Gasteiger partial charge on any atom is -0.481 e. The number of halogens is 1. The van der Waals surface area contributed by atoms with Crippen LogP contribution in [0.15, 0.2) is 48.5 Å². The Morgan fingerprint density at radius 3 is 2.46 bits per heavy atom. The highest BCUT2D eigenvalue weighted by Crippen LogP contribution is 2.24. The van der Waals surface area contributed by atoms with Gasteiger partial charge in [0.15, 0.2) is 6.17 Å². The largest absolute Gasteiger partial charge is 0.481 e. The van der Waals surface area contributed by atoms with E-state index in [-0.39, 0.29) is 30.0 Å². The number of carboxylic acids is 1. The summed E-state index contributed by atoms with van der Waals surface area (Å²) in [6.07, 6.45) is -2.02. The van der Waals surface area contributed by atoms with E-state index in [1.54, 1.807) is 0 Å². The highest BCUT2D eigenvalue weighted by atomic mass is 19.1. The molecular weight excluding hydrogens is 465 g/mol. The number of nitro groups is 1. The van der Waals surface area contributed by atoms with Gasteiger partial charge in [0.1, 0.15) is 5.82 Å². The molecule has 0 aliphatic carbocycles. The maximum atomic E-state index is 13.5. The van der Waals surface area contributed by atoms with Crippen LogP contribution in [0.25, 0.3) is 0 Å². The lowest BCUT2D eigenvalue weighted by Crippen LogP contribution is -2.54. The van der Waals surface area contributed by atoms with Gasteiger partial charge in [0, 0.05) is 37.8 Å². The zero-order chi connectivity index (χ0) is 25.7. The minimum atomic E-state index is -1.42. The zero-order valence-corrected chi connectivity index (χ0v) is 18.5. The minimum absolute atomic E-state index is 0.0147. The van der Waals surface area contributed by atoms with E-state index in [0.29, 0.717) is 0 Å². The number of amides is 4. The second-order valence-electron chi connectivity index (χ2n) is 7.73. The second kappa shape index (κ2) is 10.6. The smallest absolute Gasteiger partial charge is 0.323 e. The molecule has 0 saturated carbocycles. The van der Waals surface area contributed by atoms with E-state index >= 15 is 0 Å². The number of carbonyl (C=O) groups excluding carboxylic acids is 3. The third-order valence-corrected chi connectivity index (χ3v) is 5.33. The number of anilines is 1. The van der Waals surface area contributed by atoms with Gasteiger partial charge in [-0.15, -0.1) is 0 Å². The molecule has 2 aromatic rings. The summed E-state index contributed by atoms with van der Waals surface area (Å²) in [5, 5.41) is 25.4. The van der Waals surface area contributed by atoms with Gasteiger partial charge in [-0.3, -0.25) is 29.4 Å². The molecule has 13 heteroatoms. The van der Waals surface area contributed by atoms with Crippen molar-refractivity contribution in [1.82, 2.24) is 15.1 Å². The van der Waals surface area contributed by atoms with Crippen molar-refractivity contribution in [3.05, 3.63) is 70.0 Å². The number of hydrogen-bond acceptors (Lipinski definition) is 6. The fourth-order valence-electron chi connectivity index (χ4n) is 3.74. The van der Waals surface area contributed by atoms with Crippen molar-refractivity contribution in [2.24, 2.45) is 0 Å². The number of carbonyl (C=O) groups is 4. The van der Waals surface area contributed by atoms with E-state index in [4.69, 9.17) is 0 Å². The number of hydrogen-bond donors (Lipinski definition) is 3. The molecule has 3 N–H and O–H groups in total. The summed E-state index contributed by atoms with van der Waals surface area (Å²) >= 11 is 0. The summed E-state index contributed by atoms with van der Waals surface area (Å²) in [6.45, 7) is 1.23. The van der Waals surface area contributed by atoms with Gasteiger partial charge in [0.2, 0.25) is 5.91 Å². The van der Waals surface area contributed by atoms with Crippen molar-refractivity contribution >= 4 is 35.2 Å². The first-order chi connectivity index (χ1) is 16.6. The molecule has 2 unspecified atom stereocenters. The predicted molar refractivity (Wildman–Crippen MR) is 120 cm³/mol. The molecule has 0 spiro atoms. The van der Waals surface area contributed by atoms with Crippen LogP contribution < -0.4 is 10.6 Å². The van der Waals surface area contributed by atoms with Crippen LogP contribution in [-0.4, -0.2) is 62.9 Å². The molecule has 3 rings (SSSR count). The quantitative estimate of drug-likeness (QED) is 0.398. The molecule has 1 fully saturated rings. The van der Waals surface area contributed by atoms with Crippen molar-refractivity contribution in [2.45, 2.75) is 25.6 Å². The van der Waals surface area contributed by atoms with Crippen LogP contribution in [0.1, 0.15) is 24.9 Å². The zero-order valence-electron chi connectivity index (χ0n) is 18.5. The fourth-order valence-corrected chi connectivity index (χ4v) is 3.74. The molecule has 0 bridgehead atoms. The summed E-state index contributed by atoms with van der Waals surface area (Å²) in [5.41, 5.74) is 0.00308. The average molecular weight is 487 g/mol. The first-order valence-corrected chi connectivity index (χ1v) is 10.4. The molecule has 0 radical (unpaired) electrons. The van der Waals surface area contributed by atoms with Crippen molar-refractivity contribution < 1.29 is 33.6 Å². The van der Waals surface area contributed by atoms with E-state index in [1.165, 1.54) is 43.3 Å². The molecule has 2 aromatic carbocycles. The summed E-state index contributed by atoms with van der Waals surface area (Å²) in [6, 6.07) is 8.28. The lowest BCUT2D eigenvalue weighted by Gasteiger charge is -2.30. The van der Waals surface area contributed by atoms with E-state index in [1.807, 2.05) is 0 Å². The molecule has 1 heterocycles. The first kappa shape index (κ1) is 25.1.